The Morgan fingerprint density at radius 3 is 2.73 bits per heavy atom. The fourth-order valence-corrected chi connectivity index (χ4v) is 3.31. The van der Waals surface area contributed by atoms with Crippen LogP contribution in [0.15, 0.2) is 33.5 Å². The van der Waals surface area contributed by atoms with E-state index in [1.165, 1.54) is 0 Å². The van der Waals surface area contributed by atoms with E-state index >= 15 is 0 Å². The Hall–Kier alpha value is -2.37. The van der Waals surface area contributed by atoms with Crippen LogP contribution in [0.5, 0.6) is 0 Å². The summed E-state index contributed by atoms with van der Waals surface area (Å²) in [4.78, 5) is 24.8. The summed E-state index contributed by atoms with van der Waals surface area (Å²) in [6.45, 7) is 4.93. The third-order valence-electron chi connectivity index (χ3n) is 4.37. The van der Waals surface area contributed by atoms with Crippen LogP contribution in [-0.4, -0.2) is 17.5 Å². The fraction of sp³-hybridized carbons (Fsp3) is 0.438. The first-order valence-electron chi connectivity index (χ1n) is 7.46. The molecule has 0 aliphatic carbocycles. The molecule has 1 saturated heterocycles. The fourth-order valence-electron chi connectivity index (χ4n) is 3.31. The lowest BCUT2D eigenvalue weighted by molar-refractivity contribution is -0.386. The molecular weight excluding hydrogens is 284 g/mol. The Labute approximate surface area is 127 Å². The van der Waals surface area contributed by atoms with Gasteiger partial charge in [-0.3, -0.25) is 10.1 Å². The van der Waals surface area contributed by atoms with Crippen molar-refractivity contribution < 1.29 is 9.34 Å². The van der Waals surface area contributed by atoms with Crippen molar-refractivity contribution in [3.05, 3.63) is 44.8 Å². The molecule has 0 saturated carbocycles. The summed E-state index contributed by atoms with van der Waals surface area (Å²) >= 11 is 0. The van der Waals surface area contributed by atoms with Crippen LogP contribution in [0.1, 0.15) is 26.7 Å². The van der Waals surface area contributed by atoms with Crippen LogP contribution in [0.4, 0.5) is 11.4 Å². The minimum atomic E-state index is -0.885. The van der Waals surface area contributed by atoms with Crippen molar-refractivity contribution in [2.75, 3.05) is 11.4 Å². The van der Waals surface area contributed by atoms with Crippen LogP contribution in [-0.2, 0) is 0 Å². The number of nitrogens with zero attached hydrogens (tertiary/aromatic N) is 2. The Bertz CT molecular complexity index is 783. The van der Waals surface area contributed by atoms with Crippen molar-refractivity contribution in [2.24, 2.45) is 5.92 Å². The van der Waals surface area contributed by atoms with E-state index in [1.54, 1.807) is 24.3 Å². The van der Waals surface area contributed by atoms with Gasteiger partial charge >= 0.3 is 11.3 Å². The largest absolute Gasteiger partial charge is 0.418 e. The molecule has 3 rings (SSSR count). The van der Waals surface area contributed by atoms with E-state index in [2.05, 4.69) is 6.92 Å². The Morgan fingerprint density at radius 2 is 2.05 bits per heavy atom. The molecule has 6 nitrogen and oxygen atoms in total. The molecule has 1 aliphatic heterocycles. The molecule has 1 aromatic heterocycles. The summed E-state index contributed by atoms with van der Waals surface area (Å²) in [5.41, 5.74) is -0.556. The van der Waals surface area contributed by atoms with E-state index in [9.17, 15) is 14.9 Å². The van der Waals surface area contributed by atoms with Gasteiger partial charge in [-0.1, -0.05) is 19.1 Å². The normalized spacial score (nSPS) is 22.0. The standard InChI is InChI=1S/C16H18N2O4/c1-10-7-8-17(11(2)9-10)14-12-5-3-4-6-13(12)22-16(19)15(14)18(20)21/h3-6,10-11H,7-9H2,1-2H3/t10-,11+/m1/s1. The predicted octanol–water partition coefficient (Wildman–Crippen LogP) is 3.33. The Balaban J connectivity index is 2.28. The molecule has 1 aromatic carbocycles. The number of rotatable bonds is 2. The molecule has 6 heteroatoms. The van der Waals surface area contributed by atoms with Crippen LogP contribution in [0, 0.1) is 16.0 Å². The van der Waals surface area contributed by atoms with Crippen molar-refractivity contribution >= 4 is 22.3 Å². The van der Waals surface area contributed by atoms with E-state index in [0.717, 1.165) is 12.8 Å². The summed E-state index contributed by atoms with van der Waals surface area (Å²) in [5, 5.41) is 12.0. The summed E-state index contributed by atoms with van der Waals surface area (Å²) in [6, 6.07) is 7.13. The molecule has 2 atom stereocenters. The Kier molecular flexibility index (Phi) is 3.60. The van der Waals surface area contributed by atoms with Gasteiger partial charge in [0.15, 0.2) is 0 Å². The second-order valence-electron chi connectivity index (χ2n) is 6.01. The minimum Gasteiger partial charge on any atom is -0.418 e. The highest BCUT2D eigenvalue weighted by atomic mass is 16.6. The molecule has 0 amide bonds. The zero-order chi connectivity index (χ0) is 15.9. The van der Waals surface area contributed by atoms with Crippen LogP contribution in [0.25, 0.3) is 11.0 Å². The lowest BCUT2D eigenvalue weighted by atomic mass is 9.92. The number of anilines is 1. The topological polar surface area (TPSA) is 76.6 Å². The number of piperidine rings is 1. The molecule has 0 spiro atoms. The van der Waals surface area contributed by atoms with Crippen molar-refractivity contribution in [3.8, 4) is 0 Å². The lowest BCUT2D eigenvalue weighted by Crippen LogP contribution is -2.41. The van der Waals surface area contributed by atoms with Gasteiger partial charge in [0.05, 0.1) is 4.92 Å². The van der Waals surface area contributed by atoms with E-state index in [-0.39, 0.29) is 6.04 Å². The van der Waals surface area contributed by atoms with Gasteiger partial charge in [-0.05, 0) is 37.8 Å². The molecule has 0 radical (unpaired) electrons. The third kappa shape index (κ3) is 2.34. The van der Waals surface area contributed by atoms with E-state index in [4.69, 9.17) is 4.42 Å². The van der Waals surface area contributed by atoms with Gasteiger partial charge in [0.2, 0.25) is 0 Å². The van der Waals surface area contributed by atoms with Gasteiger partial charge in [0, 0.05) is 18.0 Å². The van der Waals surface area contributed by atoms with Gasteiger partial charge in [-0.25, -0.2) is 4.79 Å². The maximum absolute atomic E-state index is 12.1. The number of hydrogen-bond donors (Lipinski definition) is 0. The predicted molar refractivity (Wildman–Crippen MR) is 84.3 cm³/mol. The number of para-hydroxylation sites is 1. The molecule has 22 heavy (non-hydrogen) atoms. The molecule has 0 bridgehead atoms. The van der Waals surface area contributed by atoms with E-state index in [0.29, 0.717) is 29.1 Å². The second kappa shape index (κ2) is 5.44. The average Bonchev–Trinajstić information content (AvgIpc) is 2.46. The van der Waals surface area contributed by atoms with Gasteiger partial charge < -0.3 is 9.32 Å². The minimum absolute atomic E-state index is 0.146. The summed E-state index contributed by atoms with van der Waals surface area (Å²) in [6.07, 6.45) is 1.90. The van der Waals surface area contributed by atoms with Gasteiger partial charge in [-0.2, -0.15) is 0 Å². The molecular formula is C16H18N2O4. The highest BCUT2D eigenvalue weighted by Gasteiger charge is 2.33. The molecule has 116 valence electrons. The Morgan fingerprint density at radius 1 is 1.32 bits per heavy atom. The van der Waals surface area contributed by atoms with Crippen molar-refractivity contribution in [1.29, 1.82) is 0 Å². The third-order valence-corrected chi connectivity index (χ3v) is 4.37. The van der Waals surface area contributed by atoms with Gasteiger partial charge in [0.1, 0.15) is 11.3 Å². The summed E-state index contributed by atoms with van der Waals surface area (Å²) in [5.74, 6) is 0.580. The maximum atomic E-state index is 12.1. The zero-order valence-corrected chi connectivity index (χ0v) is 12.6. The second-order valence-corrected chi connectivity index (χ2v) is 6.01. The van der Waals surface area contributed by atoms with Crippen LogP contribution in [0.3, 0.4) is 0 Å². The summed E-state index contributed by atoms with van der Waals surface area (Å²) in [7, 11) is 0. The van der Waals surface area contributed by atoms with Crippen molar-refractivity contribution in [2.45, 2.75) is 32.7 Å². The first-order chi connectivity index (χ1) is 10.5. The van der Waals surface area contributed by atoms with E-state index in [1.807, 2.05) is 11.8 Å². The maximum Gasteiger partial charge on any atom is 0.417 e. The van der Waals surface area contributed by atoms with Crippen LogP contribution < -0.4 is 10.5 Å². The lowest BCUT2D eigenvalue weighted by Gasteiger charge is -2.38. The molecule has 1 aliphatic rings. The molecule has 1 fully saturated rings. The molecule has 2 aromatic rings. The SMILES string of the molecule is C[C@@H]1CCN(c2c([N+](=O)[O-])c(=O)oc3ccccc23)[C@@H](C)C1. The molecule has 0 N–H and O–H groups in total. The highest BCUT2D eigenvalue weighted by Crippen LogP contribution is 2.37. The summed E-state index contributed by atoms with van der Waals surface area (Å²) < 4.78 is 5.12. The van der Waals surface area contributed by atoms with Crippen molar-refractivity contribution in [3.63, 3.8) is 0 Å². The molecule has 0 unspecified atom stereocenters. The monoisotopic (exact) mass is 302 g/mol. The first-order valence-corrected chi connectivity index (χ1v) is 7.46. The number of nitro groups is 1. The molecule has 2 heterocycles. The van der Waals surface area contributed by atoms with Gasteiger partial charge in [-0.15, -0.1) is 0 Å². The smallest absolute Gasteiger partial charge is 0.417 e. The van der Waals surface area contributed by atoms with Crippen molar-refractivity contribution in [1.82, 2.24) is 0 Å². The zero-order valence-electron chi connectivity index (χ0n) is 12.6. The first kappa shape index (κ1) is 14.6. The van der Waals surface area contributed by atoms with E-state index < -0.39 is 16.2 Å². The number of hydrogen-bond acceptors (Lipinski definition) is 5. The van der Waals surface area contributed by atoms with Gasteiger partial charge in [0.25, 0.3) is 0 Å². The quantitative estimate of drug-likeness (QED) is 0.483. The van der Waals surface area contributed by atoms with Crippen LogP contribution in [0.2, 0.25) is 0 Å². The average molecular weight is 302 g/mol. The highest BCUT2D eigenvalue weighted by molar-refractivity contribution is 5.95. The van der Waals surface area contributed by atoms with Crippen LogP contribution >= 0.6 is 0 Å². The number of benzene rings is 1. The number of fused-ring (bicyclic) bond motifs is 1.